The van der Waals surface area contributed by atoms with E-state index in [1.54, 1.807) is 25.1 Å². The molecule has 1 saturated heterocycles. The largest absolute Gasteiger partial charge is 0.491 e. The molecule has 0 radical (unpaired) electrons. The molecule has 170 valence electrons. The lowest BCUT2D eigenvalue weighted by Gasteiger charge is -2.22. The Labute approximate surface area is 193 Å². The molecule has 0 atom stereocenters. The Morgan fingerprint density at radius 1 is 1.28 bits per heavy atom. The number of anilines is 1. The molecule has 4 rings (SSSR count). The van der Waals surface area contributed by atoms with Crippen molar-refractivity contribution in [1.29, 1.82) is 0 Å². The number of H-pyrrole nitrogens is 2. The molecule has 3 heterocycles. The van der Waals surface area contributed by atoms with Gasteiger partial charge in [-0.05, 0) is 63.4 Å². The lowest BCUT2D eigenvalue weighted by molar-refractivity contribution is 0.102. The molecule has 0 bridgehead atoms. The van der Waals surface area contributed by atoms with Gasteiger partial charge in [-0.15, -0.1) is 5.10 Å². The Bertz CT molecular complexity index is 1160. The third kappa shape index (κ3) is 5.01. The van der Waals surface area contributed by atoms with E-state index in [1.807, 2.05) is 0 Å². The molecule has 1 amide bonds. The Morgan fingerprint density at radius 2 is 2.06 bits per heavy atom. The molecule has 0 saturated carbocycles. The van der Waals surface area contributed by atoms with Crippen molar-refractivity contribution in [2.24, 2.45) is 5.92 Å². The minimum absolute atomic E-state index is 0.130. The van der Waals surface area contributed by atoms with Gasteiger partial charge in [0.25, 0.3) is 5.91 Å². The zero-order valence-electron chi connectivity index (χ0n) is 17.4. The van der Waals surface area contributed by atoms with Crippen LogP contribution in [0.1, 0.15) is 35.4 Å². The van der Waals surface area contributed by atoms with Gasteiger partial charge < -0.3 is 24.8 Å². The van der Waals surface area contributed by atoms with Gasteiger partial charge in [-0.1, -0.05) is 23.2 Å². The van der Waals surface area contributed by atoms with Crippen molar-refractivity contribution in [2.45, 2.75) is 26.2 Å². The molecule has 32 heavy (non-hydrogen) atoms. The number of ether oxygens (including phenoxy) is 1. The van der Waals surface area contributed by atoms with E-state index in [1.165, 1.54) is 0 Å². The van der Waals surface area contributed by atoms with Crippen LogP contribution in [0.25, 0.3) is 11.5 Å². The SMILES string of the molecule is Cc1[nH]c(C(=O)Nc2ccc(-c3n[nH]c(=O)o3)cc2OCCC2CCNCC2)c(Cl)c1Cl. The van der Waals surface area contributed by atoms with E-state index in [-0.39, 0.29) is 16.6 Å². The summed E-state index contributed by atoms with van der Waals surface area (Å²) < 4.78 is 11.1. The maximum atomic E-state index is 12.8. The van der Waals surface area contributed by atoms with Crippen molar-refractivity contribution in [3.8, 4) is 17.2 Å². The molecule has 2 aromatic heterocycles. The standard InChI is InChI=1S/C21H23Cl2N5O4/c1-11-16(22)17(23)18(25-11)19(29)26-14-3-2-13(20-27-28-21(30)32-20)10-15(14)31-9-6-12-4-7-24-8-5-12/h2-3,10,12,24-25H,4-9H2,1H3,(H,26,29)(H,28,30). The van der Waals surface area contributed by atoms with Gasteiger partial charge in [0.2, 0.25) is 5.89 Å². The van der Waals surface area contributed by atoms with E-state index in [0.29, 0.717) is 40.2 Å². The summed E-state index contributed by atoms with van der Waals surface area (Å²) in [7, 11) is 0. The number of carbonyl (C=O) groups excluding carboxylic acids is 1. The molecule has 0 spiro atoms. The van der Waals surface area contributed by atoms with Crippen molar-refractivity contribution >= 4 is 34.8 Å². The monoisotopic (exact) mass is 479 g/mol. The van der Waals surface area contributed by atoms with Crippen molar-refractivity contribution < 1.29 is 13.9 Å². The van der Waals surface area contributed by atoms with E-state index in [0.717, 1.165) is 32.4 Å². The minimum Gasteiger partial charge on any atom is -0.491 e. The van der Waals surface area contributed by atoms with E-state index >= 15 is 0 Å². The Hall–Kier alpha value is -2.75. The number of halogens is 2. The maximum absolute atomic E-state index is 12.8. The molecule has 1 fully saturated rings. The molecule has 0 unspecified atom stereocenters. The number of hydrogen-bond acceptors (Lipinski definition) is 6. The van der Waals surface area contributed by atoms with Crippen molar-refractivity contribution in [1.82, 2.24) is 20.5 Å². The summed E-state index contributed by atoms with van der Waals surface area (Å²) in [5.41, 5.74) is 1.75. The third-order valence-corrected chi connectivity index (χ3v) is 6.39. The van der Waals surface area contributed by atoms with Crippen LogP contribution < -0.4 is 21.1 Å². The fraction of sp³-hybridized carbons (Fsp3) is 0.381. The normalized spacial score (nSPS) is 14.5. The molecule has 1 aliphatic heterocycles. The van der Waals surface area contributed by atoms with Crippen LogP contribution in [0.2, 0.25) is 10.0 Å². The highest BCUT2D eigenvalue weighted by atomic mass is 35.5. The van der Waals surface area contributed by atoms with Gasteiger partial charge in [0.05, 0.1) is 22.3 Å². The summed E-state index contributed by atoms with van der Waals surface area (Å²) in [6.07, 6.45) is 3.11. The number of nitrogens with zero attached hydrogens (tertiary/aromatic N) is 1. The predicted molar refractivity (Wildman–Crippen MR) is 122 cm³/mol. The summed E-state index contributed by atoms with van der Waals surface area (Å²) in [6.45, 7) is 4.24. The highest BCUT2D eigenvalue weighted by molar-refractivity contribution is 6.44. The number of hydrogen-bond donors (Lipinski definition) is 4. The second-order valence-corrected chi connectivity index (χ2v) is 8.42. The number of nitrogens with one attached hydrogen (secondary N) is 4. The molecule has 1 aromatic carbocycles. The number of piperidine rings is 1. The van der Waals surface area contributed by atoms with Crippen LogP contribution in [0.15, 0.2) is 27.4 Å². The van der Waals surface area contributed by atoms with Crippen LogP contribution in [0.5, 0.6) is 5.75 Å². The molecule has 9 nitrogen and oxygen atoms in total. The highest BCUT2D eigenvalue weighted by Crippen LogP contribution is 2.33. The van der Waals surface area contributed by atoms with Crippen LogP contribution in [0.4, 0.5) is 5.69 Å². The first-order valence-corrected chi connectivity index (χ1v) is 11.1. The fourth-order valence-electron chi connectivity index (χ4n) is 3.65. The van der Waals surface area contributed by atoms with Crippen LogP contribution in [-0.2, 0) is 0 Å². The number of aromatic amines is 2. The predicted octanol–water partition coefficient (Wildman–Crippen LogP) is 3.99. The Balaban J connectivity index is 1.55. The second-order valence-electron chi connectivity index (χ2n) is 7.67. The van der Waals surface area contributed by atoms with Crippen molar-refractivity contribution in [3.63, 3.8) is 0 Å². The summed E-state index contributed by atoms with van der Waals surface area (Å²) >= 11 is 12.3. The average Bonchev–Trinajstić information content (AvgIpc) is 3.34. The first kappa shape index (κ1) is 22.4. The molecule has 4 N–H and O–H groups in total. The molecule has 11 heteroatoms. The number of carbonyl (C=O) groups is 1. The topological polar surface area (TPSA) is 125 Å². The van der Waals surface area contributed by atoms with Gasteiger partial charge in [-0.3, -0.25) is 4.79 Å². The van der Waals surface area contributed by atoms with E-state index < -0.39 is 11.7 Å². The third-order valence-electron chi connectivity index (χ3n) is 5.44. The Morgan fingerprint density at radius 3 is 2.72 bits per heavy atom. The fourth-order valence-corrected chi connectivity index (χ4v) is 4.07. The minimum atomic E-state index is -0.653. The highest BCUT2D eigenvalue weighted by Gasteiger charge is 2.20. The van der Waals surface area contributed by atoms with Gasteiger partial charge in [0.1, 0.15) is 11.4 Å². The first-order chi connectivity index (χ1) is 15.4. The van der Waals surface area contributed by atoms with E-state index in [4.69, 9.17) is 32.4 Å². The summed E-state index contributed by atoms with van der Waals surface area (Å²) in [5, 5.41) is 12.7. The first-order valence-electron chi connectivity index (χ1n) is 10.3. The van der Waals surface area contributed by atoms with Gasteiger partial charge >= 0.3 is 5.76 Å². The summed E-state index contributed by atoms with van der Waals surface area (Å²) in [4.78, 5) is 27.0. The second kappa shape index (κ2) is 9.81. The molecular formula is C21H23Cl2N5O4. The smallest absolute Gasteiger partial charge is 0.434 e. The van der Waals surface area contributed by atoms with Crippen LogP contribution >= 0.6 is 23.2 Å². The molecule has 3 aromatic rings. The van der Waals surface area contributed by atoms with Crippen molar-refractivity contribution in [3.05, 3.63) is 50.2 Å². The lowest BCUT2D eigenvalue weighted by Crippen LogP contribution is -2.28. The van der Waals surface area contributed by atoms with Gasteiger partial charge in [-0.2, -0.15) is 0 Å². The lowest BCUT2D eigenvalue weighted by atomic mass is 9.95. The van der Waals surface area contributed by atoms with Gasteiger partial charge in [0.15, 0.2) is 0 Å². The molecule has 1 aliphatic rings. The molecule has 0 aliphatic carbocycles. The Kier molecular flexibility index (Phi) is 6.88. The zero-order valence-corrected chi connectivity index (χ0v) is 18.9. The summed E-state index contributed by atoms with van der Waals surface area (Å²) in [6, 6.07) is 5.00. The number of benzene rings is 1. The van der Waals surface area contributed by atoms with Gasteiger partial charge in [0, 0.05) is 11.3 Å². The average molecular weight is 480 g/mol. The van der Waals surface area contributed by atoms with Crippen LogP contribution in [0.3, 0.4) is 0 Å². The zero-order chi connectivity index (χ0) is 22.7. The number of aromatic nitrogens is 3. The summed E-state index contributed by atoms with van der Waals surface area (Å²) in [5.74, 6) is 0.0446. The number of amides is 1. The number of aryl methyl sites for hydroxylation is 1. The maximum Gasteiger partial charge on any atom is 0.434 e. The quantitative estimate of drug-likeness (QED) is 0.405. The number of rotatable bonds is 7. The van der Waals surface area contributed by atoms with Crippen LogP contribution in [-0.4, -0.2) is 40.8 Å². The van der Waals surface area contributed by atoms with Gasteiger partial charge in [-0.25, -0.2) is 9.89 Å². The van der Waals surface area contributed by atoms with E-state index in [2.05, 4.69) is 25.8 Å². The van der Waals surface area contributed by atoms with Crippen molar-refractivity contribution in [2.75, 3.05) is 25.0 Å². The van der Waals surface area contributed by atoms with E-state index in [9.17, 15) is 9.59 Å². The molecular weight excluding hydrogens is 457 g/mol. The van der Waals surface area contributed by atoms with Crippen LogP contribution in [0, 0.1) is 12.8 Å².